The van der Waals surface area contributed by atoms with Crippen molar-refractivity contribution in [2.45, 2.75) is 38.5 Å². The van der Waals surface area contributed by atoms with E-state index in [9.17, 15) is 0 Å². The molecule has 1 heterocycles. The Morgan fingerprint density at radius 3 is 2.48 bits per heavy atom. The number of benzene rings is 1. The summed E-state index contributed by atoms with van der Waals surface area (Å²) in [5, 5.41) is 12.6. The summed E-state index contributed by atoms with van der Waals surface area (Å²) >= 11 is 6.24. The number of halogens is 1. The highest BCUT2D eigenvalue weighted by Crippen LogP contribution is 2.47. The first-order valence-electron chi connectivity index (χ1n) is 7.67. The van der Waals surface area contributed by atoms with Gasteiger partial charge in [-0.15, -0.1) is 0 Å². The van der Waals surface area contributed by atoms with Crippen LogP contribution in [0.5, 0.6) is 0 Å². The van der Waals surface area contributed by atoms with Gasteiger partial charge in [-0.25, -0.2) is 0 Å². The van der Waals surface area contributed by atoms with Crippen LogP contribution in [-0.4, -0.2) is 24.1 Å². The Morgan fingerprint density at radius 1 is 1.19 bits per heavy atom. The average Bonchev–Trinajstić information content (AvgIpc) is 2.95. The second-order valence-electron chi connectivity index (χ2n) is 6.31. The van der Waals surface area contributed by atoms with Crippen molar-refractivity contribution in [3.8, 4) is 0 Å². The van der Waals surface area contributed by atoms with E-state index < -0.39 is 0 Å². The highest BCUT2D eigenvalue weighted by atomic mass is 35.5. The van der Waals surface area contributed by atoms with E-state index in [1.807, 2.05) is 12.1 Å². The van der Waals surface area contributed by atoms with Crippen LogP contribution >= 0.6 is 11.6 Å². The number of amidine groups is 1. The summed E-state index contributed by atoms with van der Waals surface area (Å²) in [6.07, 6.45) is 7.98. The van der Waals surface area contributed by atoms with E-state index in [0.29, 0.717) is 16.0 Å². The van der Waals surface area contributed by atoms with Crippen LogP contribution in [0.15, 0.2) is 23.4 Å². The summed E-state index contributed by atoms with van der Waals surface area (Å²) in [6.45, 7) is 2.04. The maximum absolute atomic E-state index is 8.99. The first-order valence-corrected chi connectivity index (χ1v) is 8.04. The van der Waals surface area contributed by atoms with Crippen LogP contribution < -0.4 is 10.6 Å². The van der Waals surface area contributed by atoms with E-state index in [-0.39, 0.29) is 5.84 Å². The summed E-state index contributed by atoms with van der Waals surface area (Å²) in [6, 6.07) is 5.71. The Hall–Kier alpha value is -1.42. The molecule has 0 amide bonds. The van der Waals surface area contributed by atoms with Gasteiger partial charge in [0, 0.05) is 18.8 Å². The zero-order chi connectivity index (χ0) is 14.9. The van der Waals surface area contributed by atoms with E-state index in [4.69, 9.17) is 22.5 Å². The predicted molar refractivity (Wildman–Crippen MR) is 86.3 cm³/mol. The van der Waals surface area contributed by atoms with Crippen LogP contribution in [0.4, 0.5) is 5.69 Å². The van der Waals surface area contributed by atoms with Crippen molar-refractivity contribution in [2.24, 2.45) is 16.3 Å². The standard InChI is InChI=1S/C16H22ClN3O/c17-12-4-3-5-13(14(12)15(18)19-21)20-10-8-16(9-11-20)6-1-2-7-16/h3-5,21H,1-2,6-11H2,(H2,18,19). The van der Waals surface area contributed by atoms with Gasteiger partial charge in [0.05, 0.1) is 10.6 Å². The topological polar surface area (TPSA) is 61.9 Å². The van der Waals surface area contributed by atoms with E-state index in [1.54, 1.807) is 6.07 Å². The van der Waals surface area contributed by atoms with Gasteiger partial charge in [0.1, 0.15) is 0 Å². The molecule has 0 aromatic heterocycles. The monoisotopic (exact) mass is 307 g/mol. The smallest absolute Gasteiger partial charge is 0.173 e. The van der Waals surface area contributed by atoms with Crippen LogP contribution in [0.1, 0.15) is 44.1 Å². The van der Waals surface area contributed by atoms with Gasteiger partial charge in [0.15, 0.2) is 5.84 Å². The molecule has 4 nitrogen and oxygen atoms in total. The molecule has 5 heteroatoms. The second kappa shape index (κ2) is 5.76. The van der Waals surface area contributed by atoms with E-state index in [1.165, 1.54) is 38.5 Å². The van der Waals surface area contributed by atoms with Gasteiger partial charge in [-0.1, -0.05) is 35.7 Å². The number of nitrogens with two attached hydrogens (primary N) is 1. The minimum absolute atomic E-state index is 0.0803. The summed E-state index contributed by atoms with van der Waals surface area (Å²) < 4.78 is 0. The van der Waals surface area contributed by atoms with Gasteiger partial charge in [0.2, 0.25) is 0 Å². The van der Waals surface area contributed by atoms with Crippen LogP contribution in [-0.2, 0) is 0 Å². The number of oxime groups is 1. The Balaban J connectivity index is 1.84. The molecule has 3 N–H and O–H groups in total. The largest absolute Gasteiger partial charge is 0.409 e. The van der Waals surface area contributed by atoms with Crippen molar-refractivity contribution in [3.63, 3.8) is 0 Å². The third kappa shape index (κ3) is 2.69. The molecule has 0 atom stereocenters. The average molecular weight is 308 g/mol. The summed E-state index contributed by atoms with van der Waals surface area (Å²) in [5.74, 6) is 0.0803. The minimum atomic E-state index is 0.0803. The van der Waals surface area contributed by atoms with Crippen molar-refractivity contribution >= 4 is 23.1 Å². The lowest BCUT2D eigenvalue weighted by atomic mass is 9.77. The van der Waals surface area contributed by atoms with Gasteiger partial charge < -0.3 is 15.8 Å². The van der Waals surface area contributed by atoms with Gasteiger partial charge in [0.25, 0.3) is 0 Å². The summed E-state index contributed by atoms with van der Waals surface area (Å²) in [7, 11) is 0. The molecule has 1 aliphatic heterocycles. The summed E-state index contributed by atoms with van der Waals surface area (Å²) in [4.78, 5) is 2.32. The fourth-order valence-electron chi connectivity index (χ4n) is 3.93. The fourth-order valence-corrected chi connectivity index (χ4v) is 4.19. The molecule has 0 unspecified atom stereocenters. The van der Waals surface area contributed by atoms with Crippen molar-refractivity contribution in [1.29, 1.82) is 0 Å². The Morgan fingerprint density at radius 2 is 1.86 bits per heavy atom. The van der Waals surface area contributed by atoms with Gasteiger partial charge in [-0.3, -0.25) is 0 Å². The minimum Gasteiger partial charge on any atom is -0.409 e. The lowest BCUT2D eigenvalue weighted by molar-refractivity contribution is 0.226. The van der Waals surface area contributed by atoms with Crippen molar-refractivity contribution in [2.75, 3.05) is 18.0 Å². The number of rotatable bonds is 2. The number of hydrogen-bond donors (Lipinski definition) is 2. The molecule has 0 bridgehead atoms. The van der Waals surface area contributed by atoms with Crippen molar-refractivity contribution in [1.82, 2.24) is 0 Å². The lowest BCUT2D eigenvalue weighted by Crippen LogP contribution is -2.39. The molecule has 1 saturated carbocycles. The van der Waals surface area contributed by atoms with Gasteiger partial charge in [-0.05, 0) is 43.2 Å². The highest BCUT2D eigenvalue weighted by molar-refractivity contribution is 6.34. The van der Waals surface area contributed by atoms with Crippen LogP contribution in [0, 0.1) is 5.41 Å². The molecule has 1 spiro atoms. The highest BCUT2D eigenvalue weighted by Gasteiger charge is 2.37. The molecular weight excluding hydrogens is 286 g/mol. The van der Waals surface area contributed by atoms with Crippen LogP contribution in [0.2, 0.25) is 5.02 Å². The van der Waals surface area contributed by atoms with Crippen molar-refractivity contribution < 1.29 is 5.21 Å². The molecule has 114 valence electrons. The second-order valence-corrected chi connectivity index (χ2v) is 6.72. The Bertz CT molecular complexity index is 542. The van der Waals surface area contributed by atoms with E-state index in [2.05, 4.69) is 10.1 Å². The maximum atomic E-state index is 8.99. The molecule has 2 aliphatic rings. The number of anilines is 1. The Labute approximate surface area is 130 Å². The Kier molecular flexibility index (Phi) is 3.98. The lowest BCUT2D eigenvalue weighted by Gasteiger charge is -2.41. The molecule has 2 fully saturated rings. The molecule has 21 heavy (non-hydrogen) atoms. The third-order valence-electron chi connectivity index (χ3n) is 5.18. The van der Waals surface area contributed by atoms with E-state index >= 15 is 0 Å². The zero-order valence-corrected chi connectivity index (χ0v) is 12.9. The first-order chi connectivity index (χ1) is 10.2. The maximum Gasteiger partial charge on any atom is 0.173 e. The van der Waals surface area contributed by atoms with Crippen LogP contribution in [0.3, 0.4) is 0 Å². The normalized spacial score (nSPS) is 22.0. The number of hydrogen-bond acceptors (Lipinski definition) is 3. The molecule has 1 aliphatic carbocycles. The third-order valence-corrected chi connectivity index (χ3v) is 5.50. The summed E-state index contributed by atoms with van der Waals surface area (Å²) in [5.41, 5.74) is 8.00. The first kappa shape index (κ1) is 14.5. The number of piperidine rings is 1. The molecule has 1 aromatic carbocycles. The van der Waals surface area contributed by atoms with Gasteiger partial charge >= 0.3 is 0 Å². The predicted octanol–water partition coefficient (Wildman–Crippen LogP) is 3.60. The van der Waals surface area contributed by atoms with Gasteiger partial charge in [-0.2, -0.15) is 0 Å². The fraction of sp³-hybridized carbons (Fsp3) is 0.562. The SMILES string of the molecule is NC(=NO)c1c(Cl)cccc1N1CCC2(CCCC2)CC1. The quantitative estimate of drug-likeness (QED) is 0.380. The molecule has 3 rings (SSSR count). The molecular formula is C16H22ClN3O. The molecule has 1 aromatic rings. The molecule has 0 radical (unpaired) electrons. The molecule has 1 saturated heterocycles. The number of nitrogens with zero attached hydrogens (tertiary/aromatic N) is 2. The zero-order valence-electron chi connectivity index (χ0n) is 12.2. The van der Waals surface area contributed by atoms with Crippen molar-refractivity contribution in [3.05, 3.63) is 28.8 Å². The van der Waals surface area contributed by atoms with E-state index in [0.717, 1.165) is 18.8 Å². The van der Waals surface area contributed by atoms with Crippen LogP contribution in [0.25, 0.3) is 0 Å².